The molecule has 1 aromatic carbocycles. The van der Waals surface area contributed by atoms with Gasteiger partial charge in [0.15, 0.2) is 5.65 Å². The first kappa shape index (κ1) is 30.6. The van der Waals surface area contributed by atoms with Gasteiger partial charge in [-0.25, -0.2) is 9.97 Å². The van der Waals surface area contributed by atoms with Gasteiger partial charge < -0.3 is 14.2 Å². The zero-order valence-electron chi connectivity index (χ0n) is 23.1. The average Bonchev–Trinajstić information content (AvgIpc) is 3.26. The van der Waals surface area contributed by atoms with Crippen molar-refractivity contribution in [2.75, 3.05) is 45.9 Å². The quantitative estimate of drug-likeness (QED) is 0.354. The lowest BCUT2D eigenvalue weighted by Crippen LogP contribution is -2.49. The van der Waals surface area contributed by atoms with Crippen LogP contribution in [0.3, 0.4) is 0 Å². The zero-order chi connectivity index (χ0) is 24.9. The van der Waals surface area contributed by atoms with Crippen LogP contribution in [0.25, 0.3) is 17.2 Å². The highest BCUT2D eigenvalue weighted by Crippen LogP contribution is 2.22. The molecule has 2 aliphatic rings. The molecule has 0 N–H and O–H groups in total. The summed E-state index contributed by atoms with van der Waals surface area (Å²) >= 11 is 0. The molecule has 0 radical (unpaired) electrons. The molecule has 2 fully saturated rings. The summed E-state index contributed by atoms with van der Waals surface area (Å²) in [7, 11) is 0. The van der Waals surface area contributed by atoms with E-state index < -0.39 is 0 Å². The third-order valence-corrected chi connectivity index (χ3v) is 7.78. The van der Waals surface area contributed by atoms with Gasteiger partial charge in [-0.15, -0.1) is 24.8 Å². The Bertz CT molecular complexity index is 1180. The molecule has 2 saturated heterocycles. The van der Waals surface area contributed by atoms with Gasteiger partial charge >= 0.3 is 0 Å². The van der Waals surface area contributed by atoms with Gasteiger partial charge in [0.2, 0.25) is 0 Å². The Kier molecular flexibility index (Phi) is 11.6. The minimum absolute atomic E-state index is 0. The minimum Gasteiger partial charge on any atom is -0.379 e. The van der Waals surface area contributed by atoms with Crippen molar-refractivity contribution >= 4 is 42.1 Å². The lowest BCUT2D eigenvalue weighted by molar-refractivity contribution is 0.00106. The molecule has 8 heteroatoms. The van der Waals surface area contributed by atoms with Crippen molar-refractivity contribution in [2.45, 2.75) is 59.0 Å². The van der Waals surface area contributed by atoms with Gasteiger partial charge in [-0.1, -0.05) is 43.3 Å². The maximum Gasteiger partial charge on any atom is 0.160 e. The molecule has 38 heavy (non-hydrogen) atoms. The zero-order valence-corrected chi connectivity index (χ0v) is 24.7. The Hall–Kier alpha value is -1.96. The number of fused-ring (bicyclic) bond motifs is 1. The Morgan fingerprint density at radius 2 is 1.68 bits per heavy atom. The van der Waals surface area contributed by atoms with Crippen LogP contribution < -0.4 is 0 Å². The molecule has 5 rings (SSSR count). The van der Waals surface area contributed by atoms with Crippen LogP contribution in [-0.2, 0) is 17.7 Å². The predicted octanol–water partition coefficient (Wildman–Crippen LogP) is 5.70. The van der Waals surface area contributed by atoms with E-state index in [1.165, 1.54) is 42.6 Å². The Balaban J connectivity index is 0.00000200. The van der Waals surface area contributed by atoms with Crippen LogP contribution in [0.4, 0.5) is 0 Å². The summed E-state index contributed by atoms with van der Waals surface area (Å²) in [6, 6.07) is 11.8. The van der Waals surface area contributed by atoms with Crippen molar-refractivity contribution in [3.8, 4) is 0 Å². The van der Waals surface area contributed by atoms with Crippen LogP contribution in [0.5, 0.6) is 0 Å². The molecule has 0 spiro atoms. The van der Waals surface area contributed by atoms with Crippen LogP contribution in [0.2, 0.25) is 0 Å². The summed E-state index contributed by atoms with van der Waals surface area (Å²) in [6.07, 6.45) is 9.20. The van der Waals surface area contributed by atoms with Gasteiger partial charge in [-0.05, 0) is 69.0 Å². The first-order valence-corrected chi connectivity index (χ1v) is 13.7. The van der Waals surface area contributed by atoms with E-state index in [1.54, 1.807) is 0 Å². The standard InChI is InChI=1S/C30H41N5O.2ClH/c1-4-28-32-29-23(2)21-24(3)31-30(29)35(28)22-26-10-8-25(9-11-26)7-5-6-14-33-15-12-27(13-16-33)34-17-19-36-20-18-34;;/h5,7-11,21,27H,4,6,12-20,22H2,1-3H3;2*1H. The third-order valence-electron chi connectivity index (χ3n) is 7.78. The van der Waals surface area contributed by atoms with E-state index in [9.17, 15) is 0 Å². The van der Waals surface area contributed by atoms with Crippen molar-refractivity contribution in [3.05, 3.63) is 64.6 Å². The fraction of sp³-hybridized carbons (Fsp3) is 0.533. The number of ether oxygens (including phenoxy) is 1. The van der Waals surface area contributed by atoms with Gasteiger partial charge in [0.1, 0.15) is 11.3 Å². The molecule has 0 aliphatic carbocycles. The largest absolute Gasteiger partial charge is 0.379 e. The number of imidazole rings is 1. The predicted molar refractivity (Wildman–Crippen MR) is 162 cm³/mol. The van der Waals surface area contributed by atoms with E-state index in [0.717, 1.165) is 81.0 Å². The normalized spacial score (nSPS) is 17.6. The van der Waals surface area contributed by atoms with Crippen molar-refractivity contribution < 1.29 is 4.74 Å². The lowest BCUT2D eigenvalue weighted by Gasteiger charge is -2.40. The number of benzene rings is 1. The molecule has 0 bridgehead atoms. The maximum absolute atomic E-state index is 5.51. The summed E-state index contributed by atoms with van der Waals surface area (Å²) in [6.45, 7) is 14.8. The number of morpholine rings is 1. The molecule has 2 aliphatic heterocycles. The van der Waals surface area contributed by atoms with E-state index >= 15 is 0 Å². The molecule has 0 saturated carbocycles. The second kappa shape index (κ2) is 14.4. The molecule has 3 aromatic rings. The highest BCUT2D eigenvalue weighted by molar-refractivity contribution is 5.85. The Morgan fingerprint density at radius 3 is 2.37 bits per heavy atom. The minimum atomic E-state index is 0. The van der Waals surface area contributed by atoms with Gasteiger partial charge in [-0.3, -0.25) is 4.90 Å². The molecule has 6 nitrogen and oxygen atoms in total. The SMILES string of the molecule is CCc1nc2c(C)cc(C)nc2n1Cc1ccc(C=CCCN2CCC(N3CCOCC3)CC2)cc1.Cl.Cl. The first-order chi connectivity index (χ1) is 17.6. The number of hydrogen-bond acceptors (Lipinski definition) is 5. The van der Waals surface area contributed by atoms with Crippen LogP contribution in [0, 0.1) is 13.8 Å². The number of nitrogens with zero attached hydrogens (tertiary/aromatic N) is 5. The number of likely N-dealkylation sites (tertiary alicyclic amines) is 1. The van der Waals surface area contributed by atoms with Gasteiger partial charge in [0.25, 0.3) is 0 Å². The second-order valence-electron chi connectivity index (χ2n) is 10.4. The van der Waals surface area contributed by atoms with Crippen LogP contribution in [0.15, 0.2) is 36.4 Å². The van der Waals surface area contributed by atoms with E-state index in [1.807, 2.05) is 0 Å². The summed E-state index contributed by atoms with van der Waals surface area (Å²) in [4.78, 5) is 15.0. The van der Waals surface area contributed by atoms with E-state index in [4.69, 9.17) is 14.7 Å². The molecule has 208 valence electrons. The van der Waals surface area contributed by atoms with E-state index in [2.05, 4.69) is 77.6 Å². The Morgan fingerprint density at radius 1 is 0.974 bits per heavy atom. The molecule has 0 unspecified atom stereocenters. The molecule has 4 heterocycles. The summed E-state index contributed by atoms with van der Waals surface area (Å²) in [5, 5.41) is 0. The monoisotopic (exact) mass is 559 g/mol. The van der Waals surface area contributed by atoms with E-state index in [0.29, 0.717) is 0 Å². The fourth-order valence-corrected chi connectivity index (χ4v) is 5.73. The molecular weight excluding hydrogens is 517 g/mol. The van der Waals surface area contributed by atoms with Crippen molar-refractivity contribution in [1.82, 2.24) is 24.3 Å². The number of aromatic nitrogens is 3. The first-order valence-electron chi connectivity index (χ1n) is 13.7. The summed E-state index contributed by atoms with van der Waals surface area (Å²) < 4.78 is 7.79. The number of hydrogen-bond donors (Lipinski definition) is 0. The van der Waals surface area contributed by atoms with Crippen LogP contribution in [0.1, 0.15) is 54.4 Å². The van der Waals surface area contributed by atoms with Crippen molar-refractivity contribution in [2.24, 2.45) is 0 Å². The Labute approximate surface area is 240 Å². The fourth-order valence-electron chi connectivity index (χ4n) is 5.73. The molecule has 0 amide bonds. The smallest absolute Gasteiger partial charge is 0.160 e. The number of pyridine rings is 1. The molecular formula is C30H43Cl2N5O. The average molecular weight is 561 g/mol. The van der Waals surface area contributed by atoms with Crippen molar-refractivity contribution in [1.29, 1.82) is 0 Å². The maximum atomic E-state index is 5.51. The number of piperidine rings is 1. The van der Waals surface area contributed by atoms with E-state index in [-0.39, 0.29) is 24.8 Å². The number of aryl methyl sites for hydroxylation is 3. The van der Waals surface area contributed by atoms with Gasteiger partial charge in [0, 0.05) is 37.8 Å². The lowest BCUT2D eigenvalue weighted by atomic mass is 10.0. The third kappa shape index (κ3) is 7.36. The van der Waals surface area contributed by atoms with Crippen molar-refractivity contribution in [3.63, 3.8) is 0 Å². The van der Waals surface area contributed by atoms with Crippen LogP contribution >= 0.6 is 24.8 Å². The van der Waals surface area contributed by atoms with Crippen LogP contribution in [-0.4, -0.2) is 76.3 Å². The molecule has 2 aromatic heterocycles. The summed E-state index contributed by atoms with van der Waals surface area (Å²) in [5.41, 5.74) is 6.83. The highest BCUT2D eigenvalue weighted by atomic mass is 35.5. The number of halogens is 2. The van der Waals surface area contributed by atoms with Gasteiger partial charge in [0.05, 0.1) is 19.8 Å². The van der Waals surface area contributed by atoms with Gasteiger partial charge in [-0.2, -0.15) is 0 Å². The second-order valence-corrected chi connectivity index (χ2v) is 10.4. The molecule has 0 atom stereocenters. The number of rotatable bonds is 8. The topological polar surface area (TPSA) is 46.4 Å². The highest BCUT2D eigenvalue weighted by Gasteiger charge is 2.25. The summed E-state index contributed by atoms with van der Waals surface area (Å²) in [5.74, 6) is 1.10.